The molecule has 3 heterocycles. The molecule has 1 saturated heterocycles. The molecule has 2 aromatic heterocycles. The van der Waals surface area contributed by atoms with Crippen molar-refractivity contribution >= 4 is 42.4 Å². The van der Waals surface area contributed by atoms with E-state index in [1.165, 1.54) is 11.8 Å². The van der Waals surface area contributed by atoms with E-state index in [4.69, 9.17) is 14.5 Å². The van der Waals surface area contributed by atoms with Crippen LogP contribution in [-0.4, -0.2) is 60.2 Å². The van der Waals surface area contributed by atoms with E-state index in [1.54, 1.807) is 24.5 Å². The normalized spacial score (nSPS) is 13.6. The highest BCUT2D eigenvalue weighted by Gasteiger charge is 2.16. The van der Waals surface area contributed by atoms with E-state index in [1.807, 2.05) is 31.2 Å². The second-order valence-corrected chi connectivity index (χ2v) is 8.55. The summed E-state index contributed by atoms with van der Waals surface area (Å²) >= 11 is 4.19. The maximum Gasteiger partial charge on any atom is 0.424 e. The molecule has 1 aliphatic rings. The lowest BCUT2D eigenvalue weighted by molar-refractivity contribution is 0.122. The van der Waals surface area contributed by atoms with Crippen LogP contribution in [0.1, 0.15) is 23.4 Å². The first-order chi connectivity index (χ1) is 17.6. The lowest BCUT2D eigenvalue weighted by Crippen LogP contribution is -2.37. The number of thiol groups is 1. The molecule has 188 valence electrons. The summed E-state index contributed by atoms with van der Waals surface area (Å²) in [5, 5.41) is 4.35. The van der Waals surface area contributed by atoms with Crippen molar-refractivity contribution in [2.75, 3.05) is 47.5 Å². The largest absolute Gasteiger partial charge is 0.449 e. The lowest BCUT2D eigenvalue weighted by atomic mass is 10.2. The zero-order chi connectivity index (χ0) is 25.2. The minimum atomic E-state index is -0.567. The summed E-state index contributed by atoms with van der Waals surface area (Å²) < 4.78 is 11.9. The van der Waals surface area contributed by atoms with Gasteiger partial charge in [0, 0.05) is 31.8 Å². The van der Waals surface area contributed by atoms with E-state index in [9.17, 15) is 4.79 Å². The number of aromatic nitrogens is 3. The molecule has 11 heteroatoms. The zero-order valence-corrected chi connectivity index (χ0v) is 21.0. The molecule has 1 N–H and O–H groups in total. The van der Waals surface area contributed by atoms with Crippen molar-refractivity contribution in [1.29, 1.82) is 0 Å². The van der Waals surface area contributed by atoms with Crippen molar-refractivity contribution in [1.82, 2.24) is 15.0 Å². The third kappa shape index (κ3) is 7.40. The molecular weight excluding hydrogens is 478 g/mol. The Hall–Kier alpha value is -3.70. The van der Waals surface area contributed by atoms with Crippen LogP contribution >= 0.6 is 12.8 Å². The molecule has 4 rings (SSSR count). The Morgan fingerprint density at radius 2 is 2.11 bits per heavy atom. The minimum Gasteiger partial charge on any atom is -0.449 e. The van der Waals surface area contributed by atoms with Crippen molar-refractivity contribution in [3.05, 3.63) is 71.8 Å². The fourth-order valence-corrected chi connectivity index (χ4v) is 3.74. The van der Waals surface area contributed by atoms with Gasteiger partial charge in [0.25, 0.3) is 0 Å². The Morgan fingerprint density at radius 1 is 1.25 bits per heavy atom. The number of anilines is 3. The molecule has 0 spiro atoms. The van der Waals surface area contributed by atoms with Gasteiger partial charge in [0.15, 0.2) is 5.82 Å². The van der Waals surface area contributed by atoms with Gasteiger partial charge in [0.05, 0.1) is 37.9 Å². The fraction of sp³-hybridized carbons (Fsp3) is 0.320. The number of amides is 1. The predicted molar refractivity (Wildman–Crippen MR) is 143 cm³/mol. The number of hydrogen-bond donors (Lipinski definition) is 2. The summed E-state index contributed by atoms with van der Waals surface area (Å²) in [5.41, 5.74) is 5.73. The van der Waals surface area contributed by atoms with E-state index in [-0.39, 0.29) is 6.61 Å². The summed E-state index contributed by atoms with van der Waals surface area (Å²) in [6, 6.07) is 13.4. The third-order valence-corrected chi connectivity index (χ3v) is 5.76. The van der Waals surface area contributed by atoms with Gasteiger partial charge in [-0.05, 0) is 31.0 Å². The fourth-order valence-electron chi connectivity index (χ4n) is 3.57. The molecule has 1 aliphatic heterocycles. The lowest BCUT2D eigenvalue weighted by Gasteiger charge is -2.28. The number of rotatable bonds is 9. The van der Waals surface area contributed by atoms with Gasteiger partial charge in [-0.3, -0.25) is 10.4 Å². The van der Waals surface area contributed by atoms with Crippen molar-refractivity contribution in [3.63, 3.8) is 0 Å². The van der Waals surface area contributed by atoms with Crippen LogP contribution in [0, 0.1) is 6.92 Å². The first-order valence-corrected chi connectivity index (χ1v) is 12.1. The van der Waals surface area contributed by atoms with E-state index in [0.717, 1.165) is 28.8 Å². The van der Waals surface area contributed by atoms with Crippen LogP contribution in [0.3, 0.4) is 0 Å². The second kappa shape index (κ2) is 12.8. The van der Waals surface area contributed by atoms with E-state index >= 15 is 0 Å². The number of pyridine rings is 1. The van der Waals surface area contributed by atoms with Crippen LogP contribution in [0.25, 0.3) is 0 Å². The SMILES string of the molecule is Cc1cccc(C=NNc2cc(N3CCOCC3)nc(CCCOC(=O)N(S)c3cccnc3)n2)c1. The summed E-state index contributed by atoms with van der Waals surface area (Å²) in [5.74, 6) is 2.05. The molecule has 10 nitrogen and oxygen atoms in total. The van der Waals surface area contributed by atoms with Gasteiger partial charge in [0.1, 0.15) is 11.6 Å². The summed E-state index contributed by atoms with van der Waals surface area (Å²) in [7, 11) is 0. The van der Waals surface area contributed by atoms with Crippen LogP contribution in [0.5, 0.6) is 0 Å². The first-order valence-electron chi connectivity index (χ1n) is 11.7. The monoisotopic (exact) mass is 507 g/mol. The number of hydrazone groups is 1. The Labute approximate surface area is 215 Å². The molecule has 36 heavy (non-hydrogen) atoms. The van der Waals surface area contributed by atoms with E-state index in [0.29, 0.717) is 43.4 Å². The van der Waals surface area contributed by atoms with Crippen molar-refractivity contribution in [3.8, 4) is 0 Å². The average molecular weight is 508 g/mol. The number of nitrogens with zero attached hydrogens (tertiary/aromatic N) is 6. The smallest absolute Gasteiger partial charge is 0.424 e. The van der Waals surface area contributed by atoms with Crippen LogP contribution in [0.4, 0.5) is 22.1 Å². The summed E-state index contributed by atoms with van der Waals surface area (Å²) in [6.07, 6.45) is 5.43. The highest BCUT2D eigenvalue weighted by Crippen LogP contribution is 2.19. The molecule has 0 atom stereocenters. The standard InChI is InChI=1S/C25H29N7O3S/c1-19-5-2-6-20(15-19)17-27-30-23-16-24(31-10-13-34-14-11-31)29-22(28-23)8-4-12-35-25(33)32(36)21-7-3-9-26-18-21/h2-3,5-7,9,15-18,36H,4,8,10-14H2,1H3,(H,28,29,30). The number of hydrogen-bond acceptors (Lipinski definition) is 10. The number of benzene rings is 1. The molecule has 0 radical (unpaired) electrons. The van der Waals surface area contributed by atoms with Crippen molar-refractivity contribution in [2.24, 2.45) is 5.10 Å². The molecule has 1 aromatic carbocycles. The molecular formula is C25H29N7O3S. The summed E-state index contributed by atoms with van der Waals surface area (Å²) in [4.78, 5) is 27.7. The Balaban J connectivity index is 1.37. The molecule has 0 bridgehead atoms. The van der Waals surface area contributed by atoms with Crippen LogP contribution in [0.2, 0.25) is 0 Å². The van der Waals surface area contributed by atoms with Crippen LogP contribution in [-0.2, 0) is 15.9 Å². The molecule has 0 saturated carbocycles. The van der Waals surface area contributed by atoms with Gasteiger partial charge in [-0.2, -0.15) is 5.10 Å². The van der Waals surface area contributed by atoms with E-state index < -0.39 is 6.09 Å². The maximum atomic E-state index is 12.2. The minimum absolute atomic E-state index is 0.204. The average Bonchev–Trinajstić information content (AvgIpc) is 2.91. The van der Waals surface area contributed by atoms with Crippen molar-refractivity contribution in [2.45, 2.75) is 19.8 Å². The zero-order valence-electron chi connectivity index (χ0n) is 20.1. The highest BCUT2D eigenvalue weighted by atomic mass is 32.1. The second-order valence-electron chi connectivity index (χ2n) is 8.15. The number of aryl methyl sites for hydroxylation is 2. The Kier molecular flexibility index (Phi) is 9.06. The number of nitrogens with one attached hydrogen (secondary N) is 1. The Bertz CT molecular complexity index is 1170. The number of carbonyl (C=O) groups excluding carboxylic acids is 1. The number of morpholine rings is 1. The first kappa shape index (κ1) is 25.4. The predicted octanol–water partition coefficient (Wildman–Crippen LogP) is 3.88. The number of carbonyl (C=O) groups is 1. The van der Waals surface area contributed by atoms with E-state index in [2.05, 4.69) is 44.3 Å². The van der Waals surface area contributed by atoms with Gasteiger partial charge in [-0.1, -0.05) is 42.6 Å². The molecule has 3 aromatic rings. The van der Waals surface area contributed by atoms with Gasteiger partial charge in [-0.15, -0.1) is 0 Å². The van der Waals surface area contributed by atoms with Gasteiger partial charge < -0.3 is 14.4 Å². The van der Waals surface area contributed by atoms with Gasteiger partial charge in [-0.25, -0.2) is 19.1 Å². The molecule has 0 aliphatic carbocycles. The summed E-state index contributed by atoms with van der Waals surface area (Å²) in [6.45, 7) is 5.06. The molecule has 1 fully saturated rings. The maximum absolute atomic E-state index is 12.2. The topological polar surface area (TPSA) is 105 Å². The molecule has 0 unspecified atom stereocenters. The van der Waals surface area contributed by atoms with Crippen molar-refractivity contribution < 1.29 is 14.3 Å². The van der Waals surface area contributed by atoms with Gasteiger partial charge >= 0.3 is 6.09 Å². The number of ether oxygens (including phenoxy) is 2. The van der Waals surface area contributed by atoms with Crippen LogP contribution in [0.15, 0.2) is 60.0 Å². The molecule has 1 amide bonds. The van der Waals surface area contributed by atoms with Gasteiger partial charge in [0.2, 0.25) is 0 Å². The highest BCUT2D eigenvalue weighted by molar-refractivity contribution is 7.82. The third-order valence-electron chi connectivity index (χ3n) is 5.36. The van der Waals surface area contributed by atoms with Crippen LogP contribution < -0.4 is 14.6 Å². The Morgan fingerprint density at radius 3 is 2.89 bits per heavy atom. The quantitative estimate of drug-likeness (QED) is 0.195.